The predicted molar refractivity (Wildman–Crippen MR) is 82.2 cm³/mol. The van der Waals surface area contributed by atoms with E-state index in [1.165, 1.54) is 0 Å². The molecule has 0 aliphatic rings. The summed E-state index contributed by atoms with van der Waals surface area (Å²) in [5, 5.41) is 14.6. The van der Waals surface area contributed by atoms with Gasteiger partial charge in [0.05, 0.1) is 16.1 Å². The van der Waals surface area contributed by atoms with E-state index < -0.39 is 17.4 Å². The lowest BCUT2D eigenvalue weighted by molar-refractivity contribution is -0.147. The summed E-state index contributed by atoms with van der Waals surface area (Å²) in [6, 6.07) is 4.57. The molecule has 0 fully saturated rings. The fourth-order valence-electron chi connectivity index (χ4n) is 1.38. The molecule has 0 saturated carbocycles. The van der Waals surface area contributed by atoms with Gasteiger partial charge in [-0.2, -0.15) is 0 Å². The van der Waals surface area contributed by atoms with E-state index in [0.717, 1.165) is 4.47 Å². The Balaban J connectivity index is 2.62. The Morgan fingerprint density at radius 3 is 2.60 bits per heavy atom. The molecule has 5 nitrogen and oxygen atoms in total. The zero-order valence-electron chi connectivity index (χ0n) is 11.2. The number of carboxylic acids is 1. The molecule has 0 bridgehead atoms. The van der Waals surface area contributed by atoms with Crippen LogP contribution in [0.5, 0.6) is 0 Å². The van der Waals surface area contributed by atoms with E-state index in [-0.39, 0.29) is 6.54 Å². The van der Waals surface area contributed by atoms with E-state index in [0.29, 0.717) is 17.1 Å². The van der Waals surface area contributed by atoms with E-state index in [2.05, 4.69) is 26.6 Å². The Morgan fingerprint density at radius 1 is 1.45 bits per heavy atom. The van der Waals surface area contributed by atoms with E-state index in [1.807, 2.05) is 0 Å². The Bertz CT molecular complexity index is 524. The highest BCUT2D eigenvalue weighted by Gasteiger charge is 2.31. The highest BCUT2D eigenvalue weighted by atomic mass is 79.9. The summed E-state index contributed by atoms with van der Waals surface area (Å²) in [5.74, 6) is -0.943. The maximum Gasteiger partial charge on any atom is 0.319 e. The van der Waals surface area contributed by atoms with Gasteiger partial charge in [-0.1, -0.05) is 34.5 Å². The second-order valence-electron chi connectivity index (χ2n) is 4.65. The molecule has 0 aliphatic heterocycles. The van der Waals surface area contributed by atoms with Gasteiger partial charge < -0.3 is 15.7 Å². The summed E-state index contributed by atoms with van der Waals surface area (Å²) in [7, 11) is 0. The van der Waals surface area contributed by atoms with Crippen molar-refractivity contribution in [2.24, 2.45) is 5.41 Å². The molecule has 0 aromatic heterocycles. The number of carbonyl (C=O) groups is 2. The van der Waals surface area contributed by atoms with Crippen molar-refractivity contribution < 1.29 is 14.7 Å². The van der Waals surface area contributed by atoms with Crippen molar-refractivity contribution in [3.63, 3.8) is 0 Å². The van der Waals surface area contributed by atoms with Crippen molar-refractivity contribution in [3.05, 3.63) is 27.7 Å². The quantitative estimate of drug-likeness (QED) is 0.746. The fraction of sp³-hybridized carbons (Fsp3) is 0.385. The lowest BCUT2D eigenvalue weighted by Gasteiger charge is -2.23. The van der Waals surface area contributed by atoms with Gasteiger partial charge in [0, 0.05) is 11.0 Å². The van der Waals surface area contributed by atoms with Crippen molar-refractivity contribution >= 4 is 45.2 Å². The van der Waals surface area contributed by atoms with Crippen LogP contribution in [-0.4, -0.2) is 23.7 Å². The first-order chi connectivity index (χ1) is 9.28. The highest BCUT2D eigenvalue weighted by Crippen LogP contribution is 2.25. The van der Waals surface area contributed by atoms with Crippen LogP contribution >= 0.6 is 27.5 Å². The summed E-state index contributed by atoms with van der Waals surface area (Å²) < 4.78 is 0.804. The normalized spacial score (nSPS) is 13.4. The van der Waals surface area contributed by atoms with E-state index >= 15 is 0 Å². The topological polar surface area (TPSA) is 78.4 Å². The van der Waals surface area contributed by atoms with Crippen molar-refractivity contribution in [2.75, 3.05) is 11.9 Å². The number of carboxylic acid groups (broad SMARTS) is 1. The van der Waals surface area contributed by atoms with Crippen LogP contribution < -0.4 is 10.6 Å². The number of anilines is 1. The molecule has 1 rings (SSSR count). The highest BCUT2D eigenvalue weighted by molar-refractivity contribution is 9.10. The van der Waals surface area contributed by atoms with Gasteiger partial charge >= 0.3 is 12.0 Å². The zero-order valence-corrected chi connectivity index (χ0v) is 13.5. The number of urea groups is 1. The number of rotatable bonds is 5. The molecule has 1 atom stereocenters. The standard InChI is InChI=1S/C13H16BrClN2O3/c1-3-13(2,11(18)19)7-16-12(20)17-10-5-4-8(14)6-9(10)15/h4-6H,3,7H2,1-2H3,(H,18,19)(H2,16,17,20). The van der Waals surface area contributed by atoms with E-state index in [9.17, 15) is 9.59 Å². The molecule has 1 aromatic rings. The number of nitrogens with one attached hydrogen (secondary N) is 2. The van der Waals surface area contributed by atoms with Gasteiger partial charge in [0.15, 0.2) is 0 Å². The van der Waals surface area contributed by atoms with Crippen LogP contribution in [0.15, 0.2) is 22.7 Å². The molecule has 20 heavy (non-hydrogen) atoms. The van der Waals surface area contributed by atoms with Crippen molar-refractivity contribution in [1.29, 1.82) is 0 Å². The first-order valence-corrected chi connectivity index (χ1v) is 7.19. The maximum atomic E-state index is 11.7. The van der Waals surface area contributed by atoms with Gasteiger partial charge in [0.2, 0.25) is 0 Å². The Labute approximate surface area is 130 Å². The van der Waals surface area contributed by atoms with Gasteiger partial charge in [0.25, 0.3) is 0 Å². The minimum Gasteiger partial charge on any atom is -0.481 e. The minimum atomic E-state index is -0.985. The van der Waals surface area contributed by atoms with Crippen LogP contribution in [0.3, 0.4) is 0 Å². The average Bonchev–Trinajstić information content (AvgIpc) is 2.39. The molecule has 0 heterocycles. The molecule has 0 saturated heterocycles. The van der Waals surface area contributed by atoms with E-state index in [4.69, 9.17) is 16.7 Å². The van der Waals surface area contributed by atoms with Crippen LogP contribution in [0.4, 0.5) is 10.5 Å². The smallest absolute Gasteiger partial charge is 0.319 e. The molecule has 0 aliphatic carbocycles. The van der Waals surface area contributed by atoms with Gasteiger partial charge in [-0.05, 0) is 31.5 Å². The Morgan fingerprint density at radius 2 is 2.10 bits per heavy atom. The average molecular weight is 364 g/mol. The first-order valence-electron chi connectivity index (χ1n) is 6.02. The van der Waals surface area contributed by atoms with Crippen LogP contribution in [0.25, 0.3) is 0 Å². The number of hydrogen-bond acceptors (Lipinski definition) is 2. The third-order valence-corrected chi connectivity index (χ3v) is 3.92. The van der Waals surface area contributed by atoms with Crippen LogP contribution in [-0.2, 0) is 4.79 Å². The van der Waals surface area contributed by atoms with Gasteiger partial charge in [-0.25, -0.2) is 4.79 Å². The maximum absolute atomic E-state index is 11.7. The predicted octanol–water partition coefficient (Wildman–Crippen LogP) is 3.72. The molecule has 1 unspecified atom stereocenters. The number of hydrogen-bond donors (Lipinski definition) is 3. The summed E-state index contributed by atoms with van der Waals surface area (Å²) in [6.45, 7) is 3.39. The fourth-order valence-corrected chi connectivity index (χ4v) is 2.11. The van der Waals surface area contributed by atoms with Crippen LogP contribution in [0, 0.1) is 5.41 Å². The van der Waals surface area contributed by atoms with Gasteiger partial charge in [-0.15, -0.1) is 0 Å². The van der Waals surface area contributed by atoms with E-state index in [1.54, 1.807) is 32.0 Å². The first kappa shape index (κ1) is 16.8. The molecule has 110 valence electrons. The third-order valence-electron chi connectivity index (χ3n) is 3.12. The second-order valence-corrected chi connectivity index (χ2v) is 5.97. The third kappa shape index (κ3) is 4.38. The molecule has 1 aromatic carbocycles. The summed E-state index contributed by atoms with van der Waals surface area (Å²) >= 11 is 9.24. The summed E-state index contributed by atoms with van der Waals surface area (Å²) in [6.07, 6.45) is 0.418. The molecule has 2 amide bonds. The summed E-state index contributed by atoms with van der Waals surface area (Å²) in [4.78, 5) is 22.9. The Kier molecular flexibility index (Phi) is 5.83. The molecular formula is C13H16BrClN2O3. The second kappa shape index (κ2) is 6.95. The number of amides is 2. The zero-order chi connectivity index (χ0) is 15.3. The number of benzene rings is 1. The molecule has 0 radical (unpaired) electrons. The van der Waals surface area contributed by atoms with Crippen molar-refractivity contribution in [2.45, 2.75) is 20.3 Å². The van der Waals surface area contributed by atoms with Gasteiger partial charge in [0.1, 0.15) is 0 Å². The van der Waals surface area contributed by atoms with Crippen molar-refractivity contribution in [3.8, 4) is 0 Å². The summed E-state index contributed by atoms with van der Waals surface area (Å²) in [5.41, 5.74) is -0.526. The minimum absolute atomic E-state index is 0.0405. The lowest BCUT2D eigenvalue weighted by atomic mass is 9.88. The Hall–Kier alpha value is -1.27. The van der Waals surface area contributed by atoms with Crippen LogP contribution in [0.1, 0.15) is 20.3 Å². The number of aliphatic carboxylic acids is 1. The van der Waals surface area contributed by atoms with Crippen molar-refractivity contribution in [1.82, 2.24) is 5.32 Å². The van der Waals surface area contributed by atoms with Crippen LogP contribution in [0.2, 0.25) is 5.02 Å². The van der Waals surface area contributed by atoms with Gasteiger partial charge in [-0.3, -0.25) is 4.79 Å². The largest absolute Gasteiger partial charge is 0.481 e. The number of halogens is 2. The monoisotopic (exact) mass is 362 g/mol. The lowest BCUT2D eigenvalue weighted by Crippen LogP contribution is -2.42. The number of carbonyl (C=O) groups excluding carboxylic acids is 1. The molecule has 3 N–H and O–H groups in total. The molecular weight excluding hydrogens is 348 g/mol. The molecule has 7 heteroatoms. The molecule has 0 spiro atoms. The SMILES string of the molecule is CCC(C)(CNC(=O)Nc1ccc(Br)cc1Cl)C(=O)O.